The number of hydrogen-bond donors (Lipinski definition) is 1. The molecule has 36 heavy (non-hydrogen) atoms. The number of benzene rings is 1. The van der Waals surface area contributed by atoms with Crippen molar-refractivity contribution in [3.8, 4) is 17.0 Å². The molecular formula is C27H34FN3O5. The highest BCUT2D eigenvalue weighted by Gasteiger charge is 2.35. The molecule has 2 aromatic rings. The van der Waals surface area contributed by atoms with Crippen molar-refractivity contribution in [1.82, 2.24) is 14.8 Å². The van der Waals surface area contributed by atoms with Crippen molar-refractivity contribution in [3.05, 3.63) is 47.9 Å². The number of aromatic nitrogens is 1. The summed E-state index contributed by atoms with van der Waals surface area (Å²) in [5, 5.41) is 9.85. The van der Waals surface area contributed by atoms with Gasteiger partial charge in [-0.15, -0.1) is 0 Å². The molecule has 194 valence electrons. The Balaban J connectivity index is 1.66. The van der Waals surface area contributed by atoms with Crippen LogP contribution in [-0.4, -0.2) is 83.8 Å². The number of nitrogens with zero attached hydrogens (tertiary/aromatic N) is 3. The zero-order valence-corrected chi connectivity index (χ0v) is 21.0. The summed E-state index contributed by atoms with van der Waals surface area (Å²) in [6.45, 7) is 5.34. The Kier molecular flexibility index (Phi) is 8.21. The first-order chi connectivity index (χ1) is 17.3. The molecular weight excluding hydrogens is 465 g/mol. The number of aliphatic hydroxyl groups is 1. The number of likely N-dealkylation sites (N-methyl/N-ethyl adjacent to an activating group) is 1. The highest BCUT2D eigenvalue weighted by molar-refractivity contribution is 5.98. The second-order valence-electron chi connectivity index (χ2n) is 9.78. The van der Waals surface area contributed by atoms with E-state index in [9.17, 15) is 19.1 Å². The van der Waals surface area contributed by atoms with Crippen LogP contribution >= 0.6 is 0 Å². The van der Waals surface area contributed by atoms with E-state index >= 15 is 0 Å². The molecule has 3 atom stereocenters. The van der Waals surface area contributed by atoms with Gasteiger partial charge in [-0.25, -0.2) is 9.37 Å². The number of halogens is 1. The average Bonchev–Trinajstić information content (AvgIpc) is 2.90. The highest BCUT2D eigenvalue weighted by atomic mass is 19.1. The van der Waals surface area contributed by atoms with Crippen LogP contribution in [-0.2, 0) is 9.53 Å². The Morgan fingerprint density at radius 1 is 1.28 bits per heavy atom. The molecule has 1 N–H and O–H groups in total. The Hall–Kier alpha value is -3.04. The molecule has 1 fully saturated rings. The topological polar surface area (TPSA) is 92.2 Å². The zero-order valence-electron chi connectivity index (χ0n) is 21.0. The summed E-state index contributed by atoms with van der Waals surface area (Å²) >= 11 is 0. The number of amides is 2. The summed E-state index contributed by atoms with van der Waals surface area (Å²) in [6, 6.07) is 7.45. The summed E-state index contributed by atoms with van der Waals surface area (Å²) in [6.07, 6.45) is 2.45. The monoisotopic (exact) mass is 499 g/mol. The third kappa shape index (κ3) is 5.52. The van der Waals surface area contributed by atoms with Crippen molar-refractivity contribution in [3.63, 3.8) is 0 Å². The molecule has 1 aromatic heterocycles. The first-order valence-corrected chi connectivity index (χ1v) is 12.5. The van der Waals surface area contributed by atoms with Crippen molar-refractivity contribution < 1.29 is 28.6 Å². The van der Waals surface area contributed by atoms with Crippen LogP contribution < -0.4 is 4.74 Å². The smallest absolute Gasteiger partial charge is 0.259 e. The van der Waals surface area contributed by atoms with Crippen molar-refractivity contribution >= 4 is 11.8 Å². The van der Waals surface area contributed by atoms with Crippen LogP contribution in [0.15, 0.2) is 36.5 Å². The molecule has 3 heterocycles. The van der Waals surface area contributed by atoms with Gasteiger partial charge in [-0.2, -0.15) is 0 Å². The lowest BCUT2D eigenvalue weighted by molar-refractivity contribution is -0.138. The quantitative estimate of drug-likeness (QED) is 0.657. The molecule has 9 heteroatoms. The fourth-order valence-corrected chi connectivity index (χ4v) is 4.78. The standard InChI is InChI=1S/C27H34FN3O5/c1-17-14-31(18(2)16-32)27(34)22-12-20(21-6-4-5-7-23(21)28)13-29-25(22)36-24(17)15-30(3)26(33)19-8-10-35-11-9-19/h4-7,12-13,17-19,24,32H,8-11,14-16H2,1-3H3/t17-,18+,24-/m1/s1. The second-order valence-corrected chi connectivity index (χ2v) is 9.78. The van der Waals surface area contributed by atoms with E-state index in [4.69, 9.17) is 9.47 Å². The van der Waals surface area contributed by atoms with E-state index in [-0.39, 0.29) is 41.7 Å². The lowest BCUT2D eigenvalue weighted by Gasteiger charge is -2.38. The van der Waals surface area contributed by atoms with Crippen LogP contribution in [0.5, 0.6) is 5.88 Å². The first kappa shape index (κ1) is 26.0. The Bertz CT molecular complexity index is 1090. The number of aliphatic hydroxyl groups excluding tert-OH is 1. The van der Waals surface area contributed by atoms with Gasteiger partial charge < -0.3 is 24.4 Å². The highest BCUT2D eigenvalue weighted by Crippen LogP contribution is 2.31. The third-order valence-electron chi connectivity index (χ3n) is 7.11. The number of ether oxygens (including phenoxy) is 2. The summed E-state index contributed by atoms with van der Waals surface area (Å²) in [7, 11) is 1.77. The molecule has 0 aliphatic carbocycles. The van der Waals surface area contributed by atoms with E-state index in [1.54, 1.807) is 48.0 Å². The predicted molar refractivity (Wildman–Crippen MR) is 132 cm³/mol. The fraction of sp³-hybridized carbons (Fsp3) is 0.519. The molecule has 0 spiro atoms. The van der Waals surface area contributed by atoms with Gasteiger partial charge in [-0.3, -0.25) is 9.59 Å². The van der Waals surface area contributed by atoms with E-state index in [1.807, 2.05) is 6.92 Å². The van der Waals surface area contributed by atoms with Gasteiger partial charge in [0.1, 0.15) is 17.5 Å². The minimum Gasteiger partial charge on any atom is -0.472 e. The van der Waals surface area contributed by atoms with Crippen LogP contribution in [0.4, 0.5) is 4.39 Å². The Morgan fingerprint density at radius 2 is 2.00 bits per heavy atom. The first-order valence-electron chi connectivity index (χ1n) is 12.5. The predicted octanol–water partition coefficient (Wildman–Crippen LogP) is 2.99. The average molecular weight is 500 g/mol. The van der Waals surface area contributed by atoms with Crippen LogP contribution in [0, 0.1) is 17.7 Å². The maximum absolute atomic E-state index is 14.5. The summed E-state index contributed by atoms with van der Waals surface area (Å²) < 4.78 is 26.1. The molecule has 2 amide bonds. The molecule has 4 rings (SSSR count). The van der Waals surface area contributed by atoms with Crippen molar-refractivity contribution in [2.75, 3.05) is 40.0 Å². The maximum Gasteiger partial charge on any atom is 0.259 e. The Morgan fingerprint density at radius 3 is 2.69 bits per heavy atom. The number of carbonyl (C=O) groups is 2. The molecule has 0 radical (unpaired) electrons. The Labute approximate surface area is 211 Å². The van der Waals surface area contributed by atoms with E-state index in [0.717, 1.165) is 0 Å². The normalized spacial score (nSPS) is 21.7. The zero-order chi connectivity index (χ0) is 25.8. The van der Waals surface area contributed by atoms with Crippen LogP contribution in [0.3, 0.4) is 0 Å². The molecule has 8 nitrogen and oxygen atoms in total. The van der Waals surface area contributed by atoms with Gasteiger partial charge in [-0.1, -0.05) is 25.1 Å². The minimum absolute atomic E-state index is 0.0518. The lowest BCUT2D eigenvalue weighted by atomic mass is 9.96. The summed E-state index contributed by atoms with van der Waals surface area (Å²) in [5.74, 6) is -0.787. The number of pyridine rings is 1. The van der Waals surface area contributed by atoms with Crippen molar-refractivity contribution in [2.24, 2.45) is 11.8 Å². The minimum atomic E-state index is -0.440. The lowest BCUT2D eigenvalue weighted by Crippen LogP contribution is -2.51. The van der Waals surface area contributed by atoms with Crippen LogP contribution in [0.2, 0.25) is 0 Å². The maximum atomic E-state index is 14.5. The van der Waals surface area contributed by atoms with Gasteiger partial charge in [-0.05, 0) is 31.9 Å². The number of fused-ring (bicyclic) bond motifs is 1. The van der Waals surface area contributed by atoms with Gasteiger partial charge >= 0.3 is 0 Å². The molecule has 0 bridgehead atoms. The van der Waals surface area contributed by atoms with Crippen molar-refractivity contribution in [1.29, 1.82) is 0 Å². The van der Waals surface area contributed by atoms with E-state index < -0.39 is 18.0 Å². The second kappa shape index (κ2) is 11.3. The molecule has 2 aliphatic rings. The van der Waals surface area contributed by atoms with E-state index in [2.05, 4.69) is 4.98 Å². The third-order valence-corrected chi connectivity index (χ3v) is 7.11. The van der Waals surface area contributed by atoms with Gasteiger partial charge in [0.15, 0.2) is 0 Å². The number of rotatable bonds is 6. The number of hydrogen-bond acceptors (Lipinski definition) is 6. The molecule has 0 saturated carbocycles. The molecule has 1 saturated heterocycles. The van der Waals surface area contributed by atoms with Crippen LogP contribution in [0.25, 0.3) is 11.1 Å². The van der Waals surface area contributed by atoms with Gasteiger partial charge in [0, 0.05) is 56.0 Å². The summed E-state index contributed by atoms with van der Waals surface area (Å²) in [5.41, 5.74) is 0.986. The molecule has 2 aliphatic heterocycles. The largest absolute Gasteiger partial charge is 0.472 e. The molecule has 0 unspecified atom stereocenters. The van der Waals surface area contributed by atoms with E-state index in [1.165, 1.54) is 12.3 Å². The SMILES string of the molecule is C[C@@H]1CN([C@@H](C)CO)C(=O)c2cc(-c3ccccc3F)cnc2O[C@@H]1CN(C)C(=O)C1CCOCC1. The van der Waals surface area contributed by atoms with Crippen LogP contribution in [0.1, 0.15) is 37.0 Å². The fourth-order valence-electron chi connectivity index (χ4n) is 4.78. The van der Waals surface area contributed by atoms with E-state index in [0.29, 0.717) is 50.3 Å². The summed E-state index contributed by atoms with van der Waals surface area (Å²) in [4.78, 5) is 34.3. The van der Waals surface area contributed by atoms with Gasteiger partial charge in [0.25, 0.3) is 5.91 Å². The van der Waals surface area contributed by atoms with Gasteiger partial charge in [0.2, 0.25) is 11.8 Å². The van der Waals surface area contributed by atoms with Gasteiger partial charge in [0.05, 0.1) is 19.2 Å². The van der Waals surface area contributed by atoms with Crippen molar-refractivity contribution in [2.45, 2.75) is 38.8 Å². The number of carbonyl (C=O) groups excluding carboxylic acids is 2. The molecule has 1 aromatic carbocycles.